The molecule has 1 aromatic rings. The van der Waals surface area contributed by atoms with E-state index in [1.807, 2.05) is 25.1 Å². The van der Waals surface area contributed by atoms with Crippen molar-refractivity contribution >= 4 is 0 Å². The van der Waals surface area contributed by atoms with Gasteiger partial charge in [0.1, 0.15) is 0 Å². The number of nitrogens with zero attached hydrogens (tertiary/aromatic N) is 1. The second kappa shape index (κ2) is 3.03. The standard InChI is InChI=1S/C9H8N/c1-8-3-2-4-9(7-8)5-6-10/h2-4H,5H2,1H3. The monoisotopic (exact) mass is 130 g/mol. The fourth-order valence-electron chi connectivity index (χ4n) is 0.833. The fourth-order valence-corrected chi connectivity index (χ4v) is 0.833. The third kappa shape index (κ3) is 1.60. The van der Waals surface area contributed by atoms with E-state index in [1.165, 1.54) is 0 Å². The van der Waals surface area contributed by atoms with Crippen LogP contribution in [-0.2, 0) is 6.42 Å². The SMILES string of the molecule is Cc1[c]c(CC#N)ccc1. The summed E-state index contributed by atoms with van der Waals surface area (Å²) in [7, 11) is 0. The number of rotatable bonds is 1. The smallest absolute Gasteiger partial charge is 0.0669 e. The van der Waals surface area contributed by atoms with Crippen molar-refractivity contribution < 1.29 is 0 Å². The Hall–Kier alpha value is -1.29. The molecule has 0 aliphatic rings. The Morgan fingerprint density at radius 1 is 1.60 bits per heavy atom. The number of nitriles is 1. The molecule has 0 spiro atoms. The lowest BCUT2D eigenvalue weighted by Crippen LogP contribution is -1.81. The van der Waals surface area contributed by atoms with Gasteiger partial charge in [-0.05, 0) is 24.1 Å². The molecular weight excluding hydrogens is 122 g/mol. The summed E-state index contributed by atoms with van der Waals surface area (Å²) in [6.45, 7) is 1.97. The molecule has 0 amide bonds. The van der Waals surface area contributed by atoms with E-state index in [-0.39, 0.29) is 0 Å². The minimum Gasteiger partial charge on any atom is -0.198 e. The van der Waals surface area contributed by atoms with Gasteiger partial charge < -0.3 is 0 Å². The zero-order chi connectivity index (χ0) is 7.40. The van der Waals surface area contributed by atoms with Crippen molar-refractivity contribution in [2.45, 2.75) is 13.3 Å². The summed E-state index contributed by atoms with van der Waals surface area (Å²) in [5.74, 6) is 0. The van der Waals surface area contributed by atoms with E-state index >= 15 is 0 Å². The molecule has 10 heavy (non-hydrogen) atoms. The van der Waals surface area contributed by atoms with E-state index in [1.54, 1.807) is 0 Å². The van der Waals surface area contributed by atoms with Gasteiger partial charge in [0.15, 0.2) is 0 Å². The van der Waals surface area contributed by atoms with Crippen molar-refractivity contribution in [3.8, 4) is 6.07 Å². The highest BCUT2D eigenvalue weighted by molar-refractivity contribution is 5.22. The summed E-state index contributed by atoms with van der Waals surface area (Å²) in [5, 5.41) is 8.34. The van der Waals surface area contributed by atoms with Crippen LogP contribution in [0.4, 0.5) is 0 Å². The average molecular weight is 130 g/mol. The van der Waals surface area contributed by atoms with Gasteiger partial charge in [0.25, 0.3) is 0 Å². The van der Waals surface area contributed by atoms with Gasteiger partial charge in [-0.3, -0.25) is 0 Å². The molecule has 1 radical (unpaired) electrons. The Morgan fingerprint density at radius 3 is 3.00 bits per heavy atom. The van der Waals surface area contributed by atoms with Crippen molar-refractivity contribution in [1.29, 1.82) is 5.26 Å². The summed E-state index contributed by atoms with van der Waals surface area (Å²) in [5.41, 5.74) is 2.07. The molecule has 0 atom stereocenters. The van der Waals surface area contributed by atoms with Crippen LogP contribution in [0.15, 0.2) is 18.2 Å². The minimum atomic E-state index is 0.460. The third-order valence-corrected chi connectivity index (χ3v) is 1.27. The van der Waals surface area contributed by atoms with Crippen LogP contribution in [-0.4, -0.2) is 0 Å². The van der Waals surface area contributed by atoms with E-state index in [4.69, 9.17) is 5.26 Å². The van der Waals surface area contributed by atoms with Crippen molar-refractivity contribution in [2.24, 2.45) is 0 Å². The molecule has 0 fully saturated rings. The second-order valence-corrected chi connectivity index (χ2v) is 2.19. The van der Waals surface area contributed by atoms with E-state index in [9.17, 15) is 0 Å². The van der Waals surface area contributed by atoms with Crippen molar-refractivity contribution in [2.75, 3.05) is 0 Å². The van der Waals surface area contributed by atoms with Crippen molar-refractivity contribution in [3.63, 3.8) is 0 Å². The first kappa shape index (κ1) is 6.82. The third-order valence-electron chi connectivity index (χ3n) is 1.27. The van der Waals surface area contributed by atoms with Gasteiger partial charge in [0.05, 0.1) is 12.5 Å². The van der Waals surface area contributed by atoms with Crippen LogP contribution in [0.2, 0.25) is 0 Å². The molecule has 0 aliphatic heterocycles. The van der Waals surface area contributed by atoms with Crippen LogP contribution in [0.3, 0.4) is 0 Å². The van der Waals surface area contributed by atoms with Gasteiger partial charge in [0.2, 0.25) is 0 Å². The van der Waals surface area contributed by atoms with Gasteiger partial charge in [-0.15, -0.1) is 0 Å². The minimum absolute atomic E-state index is 0.460. The maximum Gasteiger partial charge on any atom is 0.0669 e. The molecule has 0 aromatic heterocycles. The van der Waals surface area contributed by atoms with Gasteiger partial charge in [-0.25, -0.2) is 0 Å². The Labute approximate surface area is 60.9 Å². The Kier molecular flexibility index (Phi) is 2.07. The van der Waals surface area contributed by atoms with E-state index in [2.05, 4.69) is 12.1 Å². The van der Waals surface area contributed by atoms with E-state index < -0.39 is 0 Å². The highest BCUT2D eigenvalue weighted by Crippen LogP contribution is 2.02. The highest BCUT2D eigenvalue weighted by Gasteiger charge is 1.89. The van der Waals surface area contributed by atoms with Crippen molar-refractivity contribution in [1.82, 2.24) is 0 Å². The molecule has 49 valence electrons. The van der Waals surface area contributed by atoms with Crippen molar-refractivity contribution in [3.05, 3.63) is 35.4 Å². The summed E-state index contributed by atoms with van der Waals surface area (Å²) < 4.78 is 0. The predicted octanol–water partition coefficient (Wildman–Crippen LogP) is 1.86. The van der Waals surface area contributed by atoms with Gasteiger partial charge in [0, 0.05) is 0 Å². The maximum absolute atomic E-state index is 8.34. The average Bonchev–Trinajstić information content (AvgIpc) is 1.88. The van der Waals surface area contributed by atoms with Gasteiger partial charge in [-0.2, -0.15) is 5.26 Å². The quantitative estimate of drug-likeness (QED) is 0.569. The van der Waals surface area contributed by atoms with Gasteiger partial charge in [-0.1, -0.05) is 18.2 Å². The summed E-state index contributed by atoms with van der Waals surface area (Å²) in [6, 6.07) is 11.0. The molecule has 1 rings (SSSR count). The Balaban J connectivity index is 2.87. The molecule has 1 aromatic carbocycles. The topological polar surface area (TPSA) is 23.8 Å². The molecule has 0 aliphatic carbocycles. The number of benzene rings is 1. The lowest BCUT2D eigenvalue weighted by molar-refractivity contribution is 1.24. The van der Waals surface area contributed by atoms with E-state index in [0.717, 1.165) is 11.1 Å². The van der Waals surface area contributed by atoms with Crippen LogP contribution >= 0.6 is 0 Å². The largest absolute Gasteiger partial charge is 0.198 e. The first-order chi connectivity index (χ1) is 4.83. The Bertz CT molecular complexity index is 258. The zero-order valence-electron chi connectivity index (χ0n) is 5.89. The molecule has 0 saturated heterocycles. The summed E-state index contributed by atoms with van der Waals surface area (Å²) >= 11 is 0. The molecule has 1 heteroatoms. The highest BCUT2D eigenvalue weighted by atomic mass is 14.2. The molecular formula is C9H8N. The molecule has 0 heterocycles. The van der Waals surface area contributed by atoms with Crippen LogP contribution in [0.5, 0.6) is 0 Å². The van der Waals surface area contributed by atoms with Crippen LogP contribution in [0.25, 0.3) is 0 Å². The number of hydrogen-bond donors (Lipinski definition) is 0. The Morgan fingerprint density at radius 2 is 2.40 bits per heavy atom. The molecule has 0 bridgehead atoms. The summed E-state index contributed by atoms with van der Waals surface area (Å²) in [4.78, 5) is 0. The second-order valence-electron chi connectivity index (χ2n) is 2.19. The predicted molar refractivity (Wildman–Crippen MR) is 39.3 cm³/mol. The zero-order valence-corrected chi connectivity index (χ0v) is 5.89. The van der Waals surface area contributed by atoms with Crippen LogP contribution in [0, 0.1) is 24.3 Å². The fraction of sp³-hybridized carbons (Fsp3) is 0.222. The lowest BCUT2D eigenvalue weighted by Gasteiger charge is -1.93. The number of aryl methyl sites for hydroxylation is 1. The van der Waals surface area contributed by atoms with E-state index in [0.29, 0.717) is 6.42 Å². The van der Waals surface area contributed by atoms with Crippen LogP contribution in [0.1, 0.15) is 11.1 Å². The number of hydrogen-bond acceptors (Lipinski definition) is 1. The van der Waals surface area contributed by atoms with Gasteiger partial charge >= 0.3 is 0 Å². The lowest BCUT2D eigenvalue weighted by atomic mass is 10.1. The first-order valence-electron chi connectivity index (χ1n) is 3.17. The first-order valence-corrected chi connectivity index (χ1v) is 3.17. The molecule has 0 saturated carbocycles. The summed E-state index contributed by atoms with van der Waals surface area (Å²) in [6.07, 6.45) is 0.460. The van der Waals surface area contributed by atoms with Crippen LogP contribution < -0.4 is 0 Å². The molecule has 1 nitrogen and oxygen atoms in total. The molecule has 0 N–H and O–H groups in total. The normalized spacial score (nSPS) is 8.80. The molecule has 0 unspecified atom stereocenters. The maximum atomic E-state index is 8.34.